The number of guanidine groups is 1. The number of carbonyl (C=O) groups excluding carboxylic acids is 1. The minimum atomic E-state index is -4.09. The van der Waals surface area contributed by atoms with Gasteiger partial charge in [0, 0.05) is 45.1 Å². The molecule has 23 heavy (non-hydrogen) atoms. The summed E-state index contributed by atoms with van der Waals surface area (Å²) in [5.41, 5.74) is 0. The number of amides is 1. The number of rotatable bonds is 6. The van der Waals surface area contributed by atoms with Gasteiger partial charge < -0.3 is 15.5 Å². The maximum Gasteiger partial charge on any atom is 0.389 e. The Hall–Kier alpha value is -1.47. The Kier molecular flexibility index (Phi) is 7.64. The minimum absolute atomic E-state index is 0.0141. The van der Waals surface area contributed by atoms with Gasteiger partial charge in [-0.15, -0.1) is 0 Å². The second-order valence-corrected chi connectivity index (χ2v) is 6.14. The van der Waals surface area contributed by atoms with Crippen LogP contribution < -0.4 is 10.6 Å². The van der Waals surface area contributed by atoms with Gasteiger partial charge in [-0.05, 0) is 19.3 Å². The number of halogens is 3. The van der Waals surface area contributed by atoms with Gasteiger partial charge in [0.1, 0.15) is 0 Å². The summed E-state index contributed by atoms with van der Waals surface area (Å²) in [6.07, 6.45) is -3.46. The van der Waals surface area contributed by atoms with Gasteiger partial charge in [0.15, 0.2) is 5.96 Å². The molecule has 0 aromatic rings. The molecule has 0 aromatic carbocycles. The van der Waals surface area contributed by atoms with Gasteiger partial charge in [-0.3, -0.25) is 9.79 Å². The molecule has 1 amide bonds. The average Bonchev–Trinajstić information content (AvgIpc) is 2.91. The third-order valence-corrected chi connectivity index (χ3v) is 3.74. The summed E-state index contributed by atoms with van der Waals surface area (Å²) in [4.78, 5) is 17.8. The summed E-state index contributed by atoms with van der Waals surface area (Å²) in [7, 11) is 1.62. The molecule has 1 atom stereocenters. The molecule has 1 fully saturated rings. The second-order valence-electron chi connectivity index (χ2n) is 6.14. The van der Waals surface area contributed by atoms with Gasteiger partial charge in [0.2, 0.25) is 5.91 Å². The highest BCUT2D eigenvalue weighted by atomic mass is 19.4. The highest BCUT2D eigenvalue weighted by Crippen LogP contribution is 2.21. The predicted molar refractivity (Wildman–Crippen MR) is 84.2 cm³/mol. The van der Waals surface area contributed by atoms with E-state index in [0.717, 1.165) is 13.0 Å². The summed E-state index contributed by atoms with van der Waals surface area (Å²) in [6, 6.07) is 0.124. The van der Waals surface area contributed by atoms with E-state index in [1.165, 1.54) is 0 Å². The zero-order valence-electron chi connectivity index (χ0n) is 14.0. The smallest absolute Gasteiger partial charge is 0.356 e. The fourth-order valence-corrected chi connectivity index (χ4v) is 2.49. The van der Waals surface area contributed by atoms with Crippen LogP contribution in [0.25, 0.3) is 0 Å². The van der Waals surface area contributed by atoms with Crippen molar-refractivity contribution < 1.29 is 18.0 Å². The van der Waals surface area contributed by atoms with Crippen LogP contribution in [0.15, 0.2) is 4.99 Å². The van der Waals surface area contributed by atoms with E-state index in [-0.39, 0.29) is 24.3 Å². The van der Waals surface area contributed by atoms with Crippen molar-refractivity contribution in [2.75, 3.05) is 26.7 Å². The molecule has 1 unspecified atom stereocenters. The van der Waals surface area contributed by atoms with Crippen LogP contribution >= 0.6 is 0 Å². The van der Waals surface area contributed by atoms with Crippen molar-refractivity contribution in [3.8, 4) is 0 Å². The molecule has 0 radical (unpaired) electrons. The maximum atomic E-state index is 12.0. The van der Waals surface area contributed by atoms with Crippen LogP contribution in [-0.2, 0) is 4.79 Å². The number of carbonyl (C=O) groups is 1. The van der Waals surface area contributed by atoms with Crippen LogP contribution in [0.2, 0.25) is 0 Å². The molecule has 0 spiro atoms. The van der Waals surface area contributed by atoms with Gasteiger partial charge >= 0.3 is 6.18 Å². The third-order valence-electron chi connectivity index (χ3n) is 3.74. The Morgan fingerprint density at radius 1 is 1.35 bits per heavy atom. The van der Waals surface area contributed by atoms with Crippen molar-refractivity contribution in [1.82, 2.24) is 15.5 Å². The van der Waals surface area contributed by atoms with Crippen LogP contribution in [0, 0.1) is 5.92 Å². The highest BCUT2D eigenvalue weighted by Gasteiger charge is 2.28. The molecular formula is C15H27F3N4O. The predicted octanol–water partition coefficient (Wildman–Crippen LogP) is 2.14. The molecule has 1 saturated heterocycles. The number of nitrogens with zero attached hydrogens (tertiary/aromatic N) is 2. The van der Waals surface area contributed by atoms with E-state index in [0.29, 0.717) is 25.5 Å². The first-order valence-corrected chi connectivity index (χ1v) is 8.05. The van der Waals surface area contributed by atoms with Crippen molar-refractivity contribution in [1.29, 1.82) is 0 Å². The molecule has 2 N–H and O–H groups in total. The van der Waals surface area contributed by atoms with Crippen molar-refractivity contribution in [2.45, 2.75) is 51.7 Å². The van der Waals surface area contributed by atoms with E-state index >= 15 is 0 Å². The van der Waals surface area contributed by atoms with E-state index in [4.69, 9.17) is 0 Å². The normalized spacial score (nSPS) is 19.3. The van der Waals surface area contributed by atoms with Crippen molar-refractivity contribution in [3.63, 3.8) is 0 Å². The number of hydrogen-bond acceptors (Lipinski definition) is 2. The standard InChI is InChI=1S/C15H27F3N4O/c1-11(2)13(23)22-9-6-12(10-22)21-14(19-3)20-8-5-4-7-15(16,17)18/h11-12H,4-10H2,1-3H3,(H2,19,20,21). The molecule has 1 heterocycles. The van der Waals surface area contributed by atoms with Crippen LogP contribution in [-0.4, -0.2) is 55.7 Å². The molecule has 0 bridgehead atoms. The van der Waals surface area contributed by atoms with Crippen LogP contribution in [0.1, 0.15) is 39.5 Å². The van der Waals surface area contributed by atoms with Crippen LogP contribution in [0.5, 0.6) is 0 Å². The lowest BCUT2D eigenvalue weighted by Gasteiger charge is -2.20. The number of likely N-dealkylation sites (tertiary alicyclic amines) is 1. The van der Waals surface area contributed by atoms with E-state index in [1.54, 1.807) is 7.05 Å². The van der Waals surface area contributed by atoms with Crippen LogP contribution in [0.3, 0.4) is 0 Å². The second kappa shape index (κ2) is 8.98. The van der Waals surface area contributed by atoms with E-state index < -0.39 is 12.6 Å². The van der Waals surface area contributed by atoms with Crippen molar-refractivity contribution in [3.05, 3.63) is 0 Å². The number of unbranched alkanes of at least 4 members (excludes halogenated alkanes) is 1. The third kappa shape index (κ3) is 7.56. The monoisotopic (exact) mass is 336 g/mol. The maximum absolute atomic E-state index is 12.0. The Labute approximate surface area is 135 Å². The largest absolute Gasteiger partial charge is 0.389 e. The zero-order chi connectivity index (χ0) is 17.5. The van der Waals surface area contributed by atoms with Crippen molar-refractivity contribution in [2.24, 2.45) is 10.9 Å². The van der Waals surface area contributed by atoms with E-state index in [2.05, 4.69) is 15.6 Å². The lowest BCUT2D eigenvalue weighted by molar-refractivity contribution is -0.135. The fraction of sp³-hybridized carbons (Fsp3) is 0.867. The van der Waals surface area contributed by atoms with Gasteiger partial charge in [0.25, 0.3) is 0 Å². The van der Waals surface area contributed by atoms with Gasteiger partial charge in [-0.25, -0.2) is 0 Å². The first-order chi connectivity index (χ1) is 10.7. The first-order valence-electron chi connectivity index (χ1n) is 8.05. The molecule has 1 aliphatic heterocycles. The molecule has 0 saturated carbocycles. The molecule has 8 heteroatoms. The summed E-state index contributed by atoms with van der Waals surface area (Å²) < 4.78 is 36.1. The lowest BCUT2D eigenvalue weighted by atomic mass is 10.2. The molecule has 134 valence electrons. The van der Waals surface area contributed by atoms with Crippen LogP contribution in [0.4, 0.5) is 13.2 Å². The molecule has 0 aromatic heterocycles. The molecule has 0 aliphatic carbocycles. The molecule has 1 aliphatic rings. The van der Waals surface area contributed by atoms with E-state index in [1.807, 2.05) is 18.7 Å². The fourth-order valence-electron chi connectivity index (χ4n) is 2.49. The summed E-state index contributed by atoms with van der Waals surface area (Å²) in [5.74, 6) is 0.699. The number of aliphatic imine (C=N–C) groups is 1. The summed E-state index contributed by atoms with van der Waals surface area (Å²) >= 11 is 0. The minimum Gasteiger partial charge on any atom is -0.356 e. The molecular weight excluding hydrogens is 309 g/mol. The highest BCUT2D eigenvalue weighted by molar-refractivity contribution is 5.81. The lowest BCUT2D eigenvalue weighted by Crippen LogP contribution is -2.45. The Morgan fingerprint density at radius 3 is 2.61 bits per heavy atom. The Bertz CT molecular complexity index is 410. The van der Waals surface area contributed by atoms with Gasteiger partial charge in [-0.1, -0.05) is 13.8 Å². The first kappa shape index (κ1) is 19.6. The Balaban J connectivity index is 2.26. The van der Waals surface area contributed by atoms with Gasteiger partial charge in [0.05, 0.1) is 0 Å². The Morgan fingerprint density at radius 2 is 2.04 bits per heavy atom. The quantitative estimate of drug-likeness (QED) is 0.444. The number of hydrogen-bond donors (Lipinski definition) is 2. The summed E-state index contributed by atoms with van der Waals surface area (Å²) in [6.45, 7) is 5.55. The number of alkyl halides is 3. The van der Waals surface area contributed by atoms with Gasteiger partial charge in [-0.2, -0.15) is 13.2 Å². The van der Waals surface area contributed by atoms with E-state index in [9.17, 15) is 18.0 Å². The zero-order valence-corrected chi connectivity index (χ0v) is 14.0. The molecule has 5 nitrogen and oxygen atoms in total. The average molecular weight is 336 g/mol. The SMILES string of the molecule is CN=C(NCCCCC(F)(F)F)NC1CCN(C(=O)C(C)C)C1. The molecule has 1 rings (SSSR count). The number of nitrogens with one attached hydrogen (secondary N) is 2. The van der Waals surface area contributed by atoms with Crippen molar-refractivity contribution >= 4 is 11.9 Å². The topological polar surface area (TPSA) is 56.7 Å². The summed E-state index contributed by atoms with van der Waals surface area (Å²) in [5, 5.41) is 6.24.